The van der Waals surface area contributed by atoms with Gasteiger partial charge in [0.1, 0.15) is 11.6 Å². The largest absolute Gasteiger partial charge is 0.495 e. The number of ether oxygens (including phenoxy) is 1. The molecular formula is C23H26F4N4O2. The molecule has 6 nitrogen and oxygen atoms in total. The lowest BCUT2D eigenvalue weighted by molar-refractivity contribution is -0.142. The molecule has 2 N–H and O–H groups in total. The lowest BCUT2D eigenvalue weighted by atomic mass is 9.67. The number of benzene rings is 2. The number of carbonyl (C=O) groups is 1. The predicted molar refractivity (Wildman–Crippen MR) is 118 cm³/mol. The van der Waals surface area contributed by atoms with E-state index in [9.17, 15) is 18.0 Å². The number of alkyl halides is 3. The zero-order valence-electron chi connectivity index (χ0n) is 19.2. The first-order chi connectivity index (χ1) is 15.3. The van der Waals surface area contributed by atoms with Gasteiger partial charge in [-0.15, -0.1) is 0 Å². The zero-order chi connectivity index (χ0) is 24.8. The smallest absolute Gasteiger partial charge is 0.416 e. The van der Waals surface area contributed by atoms with Crippen LogP contribution in [-0.2, 0) is 16.5 Å². The van der Waals surface area contributed by atoms with Crippen LogP contribution in [0.15, 0.2) is 41.4 Å². The maximum absolute atomic E-state index is 15.1. The van der Waals surface area contributed by atoms with Crippen molar-refractivity contribution in [1.82, 2.24) is 10.2 Å². The molecule has 33 heavy (non-hydrogen) atoms. The SMILES string of the molecule is CN=C1N[C@](C)(c2cc(Nc3ccc(C(F)(F)F)cc3OC)ccc2F)C(C)(C)C(=O)N1C. The maximum atomic E-state index is 15.1. The summed E-state index contributed by atoms with van der Waals surface area (Å²) in [5.41, 5.74) is -2.19. The standard InChI is InChI=1S/C23H26F4N4O2/c1-21(2)19(32)31(5)20(28-4)30-22(21,3)15-12-14(8-9-16(15)24)29-17-10-7-13(23(25,26)27)11-18(17)33-6/h7-12,29H,1-6H3,(H,28,30)/t22-/m1/s1. The summed E-state index contributed by atoms with van der Waals surface area (Å²) in [6.45, 7) is 5.14. The molecule has 0 bridgehead atoms. The molecule has 1 aliphatic rings. The summed E-state index contributed by atoms with van der Waals surface area (Å²) in [5, 5.41) is 6.17. The fourth-order valence-electron chi connectivity index (χ4n) is 3.92. The Kier molecular flexibility index (Phi) is 6.08. The van der Waals surface area contributed by atoms with Crippen LogP contribution >= 0.6 is 0 Å². The van der Waals surface area contributed by atoms with Crippen molar-refractivity contribution in [2.24, 2.45) is 10.4 Å². The highest BCUT2D eigenvalue weighted by molar-refractivity contribution is 6.03. The first-order valence-corrected chi connectivity index (χ1v) is 10.1. The van der Waals surface area contributed by atoms with E-state index < -0.39 is 28.5 Å². The van der Waals surface area contributed by atoms with Gasteiger partial charge in [-0.1, -0.05) is 0 Å². The van der Waals surface area contributed by atoms with Gasteiger partial charge in [0.25, 0.3) is 0 Å². The second-order valence-electron chi connectivity index (χ2n) is 8.52. The van der Waals surface area contributed by atoms with Crippen LogP contribution in [0.5, 0.6) is 5.75 Å². The molecule has 0 aromatic heterocycles. The topological polar surface area (TPSA) is 66.0 Å². The van der Waals surface area contributed by atoms with E-state index in [1.54, 1.807) is 27.8 Å². The molecule has 1 fully saturated rings. The Morgan fingerprint density at radius 3 is 2.36 bits per heavy atom. The molecule has 1 amide bonds. The van der Waals surface area contributed by atoms with Crippen LogP contribution in [0.4, 0.5) is 28.9 Å². The van der Waals surface area contributed by atoms with E-state index in [1.165, 1.54) is 43.3 Å². The number of aliphatic imine (C=N–C) groups is 1. The molecule has 2 aromatic rings. The van der Waals surface area contributed by atoms with Gasteiger partial charge in [0.05, 0.1) is 29.3 Å². The molecule has 3 rings (SSSR count). The van der Waals surface area contributed by atoms with Crippen molar-refractivity contribution in [2.75, 3.05) is 26.5 Å². The van der Waals surface area contributed by atoms with Crippen molar-refractivity contribution < 1.29 is 27.1 Å². The average molecular weight is 466 g/mol. The number of methoxy groups -OCH3 is 1. The lowest BCUT2D eigenvalue weighted by Crippen LogP contribution is -2.68. The summed E-state index contributed by atoms with van der Waals surface area (Å²) in [4.78, 5) is 18.5. The van der Waals surface area contributed by atoms with Gasteiger partial charge in [-0.3, -0.25) is 14.7 Å². The van der Waals surface area contributed by atoms with Crippen LogP contribution in [0.25, 0.3) is 0 Å². The molecule has 0 unspecified atom stereocenters. The van der Waals surface area contributed by atoms with Crippen molar-refractivity contribution in [3.8, 4) is 5.75 Å². The third kappa shape index (κ3) is 4.09. The highest BCUT2D eigenvalue weighted by Crippen LogP contribution is 2.45. The van der Waals surface area contributed by atoms with Crippen LogP contribution in [0.3, 0.4) is 0 Å². The molecule has 1 atom stereocenters. The maximum Gasteiger partial charge on any atom is 0.416 e. The monoisotopic (exact) mass is 466 g/mol. The van der Waals surface area contributed by atoms with E-state index in [2.05, 4.69) is 15.6 Å². The minimum absolute atomic E-state index is 0.0183. The number of nitrogens with one attached hydrogen (secondary N) is 2. The fraction of sp³-hybridized carbons (Fsp3) is 0.391. The minimum Gasteiger partial charge on any atom is -0.495 e. The Morgan fingerprint density at radius 2 is 1.79 bits per heavy atom. The number of halogens is 4. The Hall–Kier alpha value is -3.30. The molecule has 10 heteroatoms. The Bertz CT molecular complexity index is 1110. The quantitative estimate of drug-likeness (QED) is 0.630. The number of nitrogens with zero attached hydrogens (tertiary/aromatic N) is 2. The Morgan fingerprint density at radius 1 is 1.12 bits per heavy atom. The van der Waals surface area contributed by atoms with Crippen molar-refractivity contribution in [2.45, 2.75) is 32.5 Å². The normalized spacial score (nSPS) is 21.7. The number of anilines is 2. The van der Waals surface area contributed by atoms with E-state index in [1.807, 2.05) is 0 Å². The van der Waals surface area contributed by atoms with Gasteiger partial charge >= 0.3 is 6.18 Å². The molecule has 0 aliphatic carbocycles. The first kappa shape index (κ1) is 24.3. The number of guanidine groups is 1. The van der Waals surface area contributed by atoms with Crippen LogP contribution in [0, 0.1) is 11.2 Å². The number of hydrogen-bond acceptors (Lipinski definition) is 4. The summed E-state index contributed by atoms with van der Waals surface area (Å²) in [6, 6.07) is 7.28. The molecule has 2 aromatic carbocycles. The summed E-state index contributed by atoms with van der Waals surface area (Å²) in [6.07, 6.45) is -4.51. The van der Waals surface area contributed by atoms with Crippen LogP contribution < -0.4 is 15.4 Å². The van der Waals surface area contributed by atoms with Crippen molar-refractivity contribution >= 4 is 23.2 Å². The van der Waals surface area contributed by atoms with Gasteiger partial charge in [-0.2, -0.15) is 13.2 Å². The number of rotatable bonds is 4. The minimum atomic E-state index is -4.51. The van der Waals surface area contributed by atoms with Gasteiger partial charge in [-0.25, -0.2) is 4.39 Å². The highest BCUT2D eigenvalue weighted by atomic mass is 19.4. The van der Waals surface area contributed by atoms with Gasteiger partial charge in [0.15, 0.2) is 0 Å². The molecular weight excluding hydrogens is 440 g/mol. The van der Waals surface area contributed by atoms with E-state index in [0.717, 1.165) is 12.1 Å². The third-order valence-corrected chi connectivity index (χ3v) is 6.29. The van der Waals surface area contributed by atoms with Crippen LogP contribution in [-0.4, -0.2) is 38.0 Å². The van der Waals surface area contributed by atoms with E-state index >= 15 is 4.39 Å². The summed E-state index contributed by atoms with van der Waals surface area (Å²) in [5.74, 6) is -0.512. The molecule has 0 radical (unpaired) electrons. The number of amides is 1. The van der Waals surface area contributed by atoms with Gasteiger partial charge in [0, 0.05) is 25.3 Å². The van der Waals surface area contributed by atoms with Crippen molar-refractivity contribution in [1.29, 1.82) is 0 Å². The first-order valence-electron chi connectivity index (χ1n) is 10.1. The molecule has 0 spiro atoms. The second-order valence-corrected chi connectivity index (χ2v) is 8.52. The van der Waals surface area contributed by atoms with Crippen LogP contribution in [0.2, 0.25) is 0 Å². The molecule has 1 aliphatic heterocycles. The molecule has 1 heterocycles. The van der Waals surface area contributed by atoms with Gasteiger partial charge < -0.3 is 15.4 Å². The van der Waals surface area contributed by atoms with E-state index in [-0.39, 0.29) is 22.9 Å². The second kappa shape index (κ2) is 8.24. The molecule has 178 valence electrons. The summed E-state index contributed by atoms with van der Waals surface area (Å²) >= 11 is 0. The van der Waals surface area contributed by atoms with E-state index in [0.29, 0.717) is 11.6 Å². The fourth-order valence-corrected chi connectivity index (χ4v) is 3.92. The Labute approximate surface area is 189 Å². The zero-order valence-corrected chi connectivity index (χ0v) is 19.2. The number of carbonyl (C=O) groups excluding carboxylic acids is 1. The van der Waals surface area contributed by atoms with Crippen molar-refractivity contribution in [3.05, 3.63) is 53.3 Å². The number of hydrogen-bond donors (Lipinski definition) is 2. The third-order valence-electron chi connectivity index (χ3n) is 6.29. The summed E-state index contributed by atoms with van der Waals surface area (Å²) in [7, 11) is 4.38. The summed E-state index contributed by atoms with van der Waals surface area (Å²) < 4.78 is 59.3. The highest BCUT2D eigenvalue weighted by Gasteiger charge is 2.55. The molecule has 1 saturated heterocycles. The Balaban J connectivity index is 2.05. The average Bonchev–Trinajstić information content (AvgIpc) is 2.76. The molecule has 0 saturated carbocycles. The van der Waals surface area contributed by atoms with Gasteiger partial charge in [0.2, 0.25) is 11.9 Å². The lowest BCUT2D eigenvalue weighted by Gasteiger charge is -2.51. The van der Waals surface area contributed by atoms with Gasteiger partial charge in [-0.05, 0) is 57.2 Å². The van der Waals surface area contributed by atoms with Crippen molar-refractivity contribution in [3.63, 3.8) is 0 Å². The predicted octanol–water partition coefficient (Wildman–Crippen LogP) is 4.89. The van der Waals surface area contributed by atoms with E-state index in [4.69, 9.17) is 4.74 Å². The van der Waals surface area contributed by atoms with Crippen LogP contribution in [0.1, 0.15) is 31.9 Å².